The summed E-state index contributed by atoms with van der Waals surface area (Å²) >= 11 is 13.0. The van der Waals surface area contributed by atoms with Gasteiger partial charge in [0.25, 0.3) is 0 Å². The molecular formula is C16H18Cl2N2O2S2. The lowest BCUT2D eigenvalue weighted by atomic mass is 10.1. The Morgan fingerprint density at radius 1 is 1.12 bits per heavy atom. The molecule has 1 aromatic carbocycles. The molecule has 0 unspecified atom stereocenters. The van der Waals surface area contributed by atoms with Crippen LogP contribution >= 0.6 is 34.5 Å². The predicted octanol–water partition coefficient (Wildman–Crippen LogP) is 3.87. The van der Waals surface area contributed by atoms with E-state index in [1.165, 1.54) is 21.5 Å². The highest BCUT2D eigenvalue weighted by atomic mass is 35.5. The molecule has 0 atom stereocenters. The monoisotopic (exact) mass is 404 g/mol. The van der Waals surface area contributed by atoms with Crippen molar-refractivity contribution < 1.29 is 8.42 Å². The van der Waals surface area contributed by atoms with Gasteiger partial charge in [-0.2, -0.15) is 4.31 Å². The Bertz CT molecular complexity index is 828. The van der Waals surface area contributed by atoms with Crippen LogP contribution < -0.4 is 0 Å². The van der Waals surface area contributed by atoms with Crippen molar-refractivity contribution in [2.75, 3.05) is 26.2 Å². The van der Waals surface area contributed by atoms with E-state index in [0.717, 1.165) is 17.9 Å². The molecule has 3 rings (SSSR count). The largest absolute Gasteiger partial charge is 0.296 e. The van der Waals surface area contributed by atoms with Gasteiger partial charge < -0.3 is 0 Å². The summed E-state index contributed by atoms with van der Waals surface area (Å²) in [6, 6.07) is 9.71. The van der Waals surface area contributed by atoms with Gasteiger partial charge in [0.05, 0.1) is 4.34 Å². The molecule has 8 heteroatoms. The van der Waals surface area contributed by atoms with Crippen LogP contribution in [0.15, 0.2) is 35.2 Å². The molecule has 24 heavy (non-hydrogen) atoms. The molecule has 0 spiro atoms. The van der Waals surface area contributed by atoms with Crippen LogP contribution in [0.2, 0.25) is 8.67 Å². The van der Waals surface area contributed by atoms with E-state index in [0.29, 0.717) is 30.5 Å². The van der Waals surface area contributed by atoms with Crippen molar-refractivity contribution in [3.8, 4) is 0 Å². The molecule has 1 aromatic heterocycles. The molecule has 1 aliphatic heterocycles. The van der Waals surface area contributed by atoms with Gasteiger partial charge in [-0.1, -0.05) is 47.5 Å². The number of aryl methyl sites for hydroxylation is 1. The minimum atomic E-state index is -3.58. The van der Waals surface area contributed by atoms with Crippen LogP contribution in [0.1, 0.15) is 11.1 Å². The number of benzene rings is 1. The van der Waals surface area contributed by atoms with Crippen LogP contribution in [0, 0.1) is 6.92 Å². The zero-order valence-electron chi connectivity index (χ0n) is 13.2. The van der Waals surface area contributed by atoms with E-state index in [9.17, 15) is 8.42 Å². The zero-order chi connectivity index (χ0) is 17.3. The average molecular weight is 405 g/mol. The Morgan fingerprint density at radius 2 is 1.79 bits per heavy atom. The fourth-order valence-electron chi connectivity index (χ4n) is 2.80. The first-order valence-electron chi connectivity index (χ1n) is 7.60. The van der Waals surface area contributed by atoms with Gasteiger partial charge in [0.2, 0.25) is 10.0 Å². The van der Waals surface area contributed by atoms with E-state index < -0.39 is 10.0 Å². The summed E-state index contributed by atoms with van der Waals surface area (Å²) in [6.45, 7) is 5.24. The lowest BCUT2D eigenvalue weighted by molar-refractivity contribution is 0.181. The highest BCUT2D eigenvalue weighted by Crippen LogP contribution is 2.36. The highest BCUT2D eigenvalue weighted by Gasteiger charge is 2.31. The molecule has 0 radical (unpaired) electrons. The first kappa shape index (κ1) is 18.2. The molecule has 1 saturated heterocycles. The molecule has 1 fully saturated rings. The minimum Gasteiger partial charge on any atom is -0.296 e. The Labute approximate surface area is 156 Å². The number of hydrogen-bond acceptors (Lipinski definition) is 4. The van der Waals surface area contributed by atoms with Crippen LogP contribution in [0.4, 0.5) is 0 Å². The van der Waals surface area contributed by atoms with E-state index in [-0.39, 0.29) is 9.23 Å². The maximum absolute atomic E-state index is 12.7. The predicted molar refractivity (Wildman–Crippen MR) is 99.6 cm³/mol. The third-order valence-electron chi connectivity index (χ3n) is 4.23. The molecule has 1 aliphatic rings. The first-order valence-corrected chi connectivity index (χ1v) is 10.6. The Morgan fingerprint density at radius 3 is 2.38 bits per heavy atom. The van der Waals surface area contributed by atoms with Crippen molar-refractivity contribution in [2.45, 2.75) is 18.4 Å². The summed E-state index contributed by atoms with van der Waals surface area (Å²) in [4.78, 5) is 2.39. The van der Waals surface area contributed by atoms with Crippen LogP contribution in [-0.4, -0.2) is 43.8 Å². The summed E-state index contributed by atoms with van der Waals surface area (Å²) in [5.41, 5.74) is 2.54. The molecular weight excluding hydrogens is 387 g/mol. The second-order valence-corrected chi connectivity index (χ2v) is 9.99. The van der Waals surface area contributed by atoms with Crippen LogP contribution in [0.25, 0.3) is 0 Å². The zero-order valence-corrected chi connectivity index (χ0v) is 16.4. The number of nitrogens with zero attached hydrogens (tertiary/aromatic N) is 2. The molecule has 0 saturated carbocycles. The van der Waals surface area contributed by atoms with E-state index >= 15 is 0 Å². The summed E-state index contributed by atoms with van der Waals surface area (Å²) in [6.07, 6.45) is 0. The standard InChI is InChI=1S/C16H18Cl2N2O2S2/c1-12-4-2-3-5-13(12)11-19-6-8-20(9-7-19)24(21,22)14-10-15(17)23-16(14)18/h2-5,10H,6-9,11H2,1H3. The van der Waals surface area contributed by atoms with Gasteiger partial charge in [0, 0.05) is 32.7 Å². The molecule has 0 amide bonds. The molecule has 130 valence electrons. The quantitative estimate of drug-likeness (QED) is 0.776. The lowest BCUT2D eigenvalue weighted by Gasteiger charge is -2.34. The van der Waals surface area contributed by atoms with Crippen molar-refractivity contribution in [1.29, 1.82) is 0 Å². The molecule has 4 nitrogen and oxygen atoms in total. The summed E-state index contributed by atoms with van der Waals surface area (Å²) < 4.78 is 27.5. The fourth-order valence-corrected chi connectivity index (χ4v) is 6.33. The number of halogens is 2. The number of piperazine rings is 1. The average Bonchev–Trinajstić information content (AvgIpc) is 2.89. The van der Waals surface area contributed by atoms with Crippen molar-refractivity contribution in [3.05, 3.63) is 50.1 Å². The van der Waals surface area contributed by atoms with Crippen LogP contribution in [0.3, 0.4) is 0 Å². The van der Waals surface area contributed by atoms with Gasteiger partial charge in [-0.3, -0.25) is 4.90 Å². The van der Waals surface area contributed by atoms with Crippen LogP contribution in [0.5, 0.6) is 0 Å². The topological polar surface area (TPSA) is 40.6 Å². The van der Waals surface area contributed by atoms with Gasteiger partial charge in [-0.15, -0.1) is 11.3 Å². The molecule has 2 heterocycles. The number of hydrogen-bond donors (Lipinski definition) is 0. The second-order valence-electron chi connectivity index (χ2n) is 5.80. The molecule has 0 bridgehead atoms. The third-order valence-corrected chi connectivity index (χ3v) is 7.88. The fraction of sp³-hybridized carbons (Fsp3) is 0.375. The number of thiophene rings is 1. The van der Waals surface area contributed by atoms with E-state index in [4.69, 9.17) is 23.2 Å². The highest BCUT2D eigenvalue weighted by molar-refractivity contribution is 7.89. The van der Waals surface area contributed by atoms with Gasteiger partial charge in [0.15, 0.2) is 0 Å². The Kier molecular flexibility index (Phi) is 5.54. The van der Waals surface area contributed by atoms with E-state index in [1.807, 2.05) is 12.1 Å². The number of sulfonamides is 1. The van der Waals surface area contributed by atoms with Gasteiger partial charge in [-0.05, 0) is 24.1 Å². The smallest absolute Gasteiger partial charge is 0.245 e. The van der Waals surface area contributed by atoms with Crippen molar-refractivity contribution in [3.63, 3.8) is 0 Å². The Hall–Kier alpha value is -0.630. The Balaban J connectivity index is 1.67. The lowest BCUT2D eigenvalue weighted by Crippen LogP contribution is -2.48. The first-order chi connectivity index (χ1) is 11.4. The maximum Gasteiger partial charge on any atom is 0.245 e. The summed E-state index contributed by atoms with van der Waals surface area (Å²) in [7, 11) is -3.58. The van der Waals surface area contributed by atoms with Crippen molar-refractivity contribution in [2.24, 2.45) is 0 Å². The van der Waals surface area contributed by atoms with E-state index in [1.54, 1.807) is 0 Å². The van der Waals surface area contributed by atoms with Gasteiger partial charge >= 0.3 is 0 Å². The molecule has 2 aromatic rings. The summed E-state index contributed by atoms with van der Waals surface area (Å²) in [5.74, 6) is 0. The normalized spacial score (nSPS) is 17.3. The van der Waals surface area contributed by atoms with Gasteiger partial charge in [0.1, 0.15) is 9.23 Å². The van der Waals surface area contributed by atoms with Crippen molar-refractivity contribution in [1.82, 2.24) is 9.21 Å². The minimum absolute atomic E-state index is 0.117. The molecule has 0 aliphatic carbocycles. The second kappa shape index (κ2) is 7.32. The third kappa shape index (κ3) is 3.79. The van der Waals surface area contributed by atoms with Crippen molar-refractivity contribution >= 4 is 44.6 Å². The summed E-state index contributed by atoms with van der Waals surface area (Å²) in [5, 5.41) is 0. The SMILES string of the molecule is Cc1ccccc1CN1CCN(S(=O)(=O)c2cc(Cl)sc2Cl)CC1. The number of rotatable bonds is 4. The van der Waals surface area contributed by atoms with Gasteiger partial charge in [-0.25, -0.2) is 8.42 Å². The molecule has 0 N–H and O–H groups in total. The van der Waals surface area contributed by atoms with E-state index in [2.05, 4.69) is 24.0 Å². The van der Waals surface area contributed by atoms with Crippen LogP contribution in [-0.2, 0) is 16.6 Å². The maximum atomic E-state index is 12.7.